The van der Waals surface area contributed by atoms with E-state index in [1.54, 1.807) is 22.9 Å². The van der Waals surface area contributed by atoms with Crippen molar-refractivity contribution >= 4 is 16.9 Å². The lowest BCUT2D eigenvalue weighted by Gasteiger charge is -2.09. The average Bonchev–Trinajstić information content (AvgIpc) is 2.60. The molecular weight excluding hydrogens is 211 g/mol. The van der Waals surface area contributed by atoms with Crippen molar-refractivity contribution < 1.29 is 14.3 Å². The number of carboxylic acid groups (broad SMARTS) is 1. The quantitative estimate of drug-likeness (QED) is 0.819. The molecule has 0 spiro atoms. The van der Waals surface area contributed by atoms with Gasteiger partial charge < -0.3 is 15.4 Å². The van der Waals surface area contributed by atoms with E-state index in [1.807, 2.05) is 0 Å². The number of aromatic nitrogens is 1. The first kappa shape index (κ1) is 10.6. The molecule has 1 atom stereocenters. The molecule has 0 saturated heterocycles. The van der Waals surface area contributed by atoms with Crippen LogP contribution in [0.5, 0.6) is 0 Å². The van der Waals surface area contributed by atoms with Crippen LogP contribution in [-0.2, 0) is 11.3 Å². The minimum atomic E-state index is -1.05. The largest absolute Gasteiger partial charge is 0.480 e. The van der Waals surface area contributed by atoms with Crippen molar-refractivity contribution in [3.8, 4) is 0 Å². The summed E-state index contributed by atoms with van der Waals surface area (Å²) in [7, 11) is 0. The molecule has 0 aliphatic heterocycles. The first-order chi connectivity index (χ1) is 7.58. The van der Waals surface area contributed by atoms with Crippen LogP contribution in [0, 0.1) is 5.82 Å². The number of hydrogen-bond donors (Lipinski definition) is 2. The van der Waals surface area contributed by atoms with E-state index in [4.69, 9.17) is 10.8 Å². The maximum absolute atomic E-state index is 12.9. The molecule has 0 aliphatic carbocycles. The van der Waals surface area contributed by atoms with Crippen LogP contribution in [0.1, 0.15) is 0 Å². The first-order valence-electron chi connectivity index (χ1n) is 4.81. The van der Waals surface area contributed by atoms with Crippen molar-refractivity contribution in [1.29, 1.82) is 0 Å². The molecule has 0 fully saturated rings. The fourth-order valence-electron chi connectivity index (χ4n) is 1.62. The highest BCUT2D eigenvalue weighted by Gasteiger charge is 2.13. The number of carboxylic acids is 1. The Morgan fingerprint density at radius 2 is 2.25 bits per heavy atom. The molecule has 2 aromatic rings. The molecule has 1 aromatic carbocycles. The summed E-state index contributed by atoms with van der Waals surface area (Å²) >= 11 is 0. The molecule has 1 heterocycles. The van der Waals surface area contributed by atoms with Gasteiger partial charge in [0.25, 0.3) is 0 Å². The van der Waals surface area contributed by atoms with E-state index in [0.29, 0.717) is 0 Å². The molecule has 3 N–H and O–H groups in total. The molecule has 16 heavy (non-hydrogen) atoms. The van der Waals surface area contributed by atoms with E-state index in [1.165, 1.54) is 12.1 Å². The number of benzene rings is 1. The van der Waals surface area contributed by atoms with Gasteiger partial charge in [-0.25, -0.2) is 4.39 Å². The van der Waals surface area contributed by atoms with Gasteiger partial charge in [-0.2, -0.15) is 0 Å². The van der Waals surface area contributed by atoms with Crippen LogP contribution in [0.2, 0.25) is 0 Å². The summed E-state index contributed by atoms with van der Waals surface area (Å²) in [5.41, 5.74) is 6.21. The summed E-state index contributed by atoms with van der Waals surface area (Å²) in [5.74, 6) is -1.36. The Bertz CT molecular complexity index is 536. The lowest BCUT2D eigenvalue weighted by Crippen LogP contribution is -2.34. The van der Waals surface area contributed by atoms with Gasteiger partial charge in [0.1, 0.15) is 11.9 Å². The number of nitrogens with zero attached hydrogens (tertiary/aromatic N) is 1. The van der Waals surface area contributed by atoms with Gasteiger partial charge in [-0.3, -0.25) is 4.79 Å². The number of fused-ring (bicyclic) bond motifs is 1. The molecule has 0 radical (unpaired) electrons. The van der Waals surface area contributed by atoms with Crippen molar-refractivity contribution in [1.82, 2.24) is 4.57 Å². The second kappa shape index (κ2) is 3.94. The standard InChI is InChI=1S/C11H11FN2O2/c12-8-1-2-10-7(5-8)3-4-14(10)6-9(13)11(15)16/h1-5,9H,6,13H2,(H,15,16). The number of hydrogen-bond acceptors (Lipinski definition) is 2. The zero-order valence-corrected chi connectivity index (χ0v) is 8.43. The minimum absolute atomic E-state index is 0.171. The lowest BCUT2D eigenvalue weighted by molar-refractivity contribution is -0.138. The van der Waals surface area contributed by atoms with Crippen molar-refractivity contribution in [2.75, 3.05) is 0 Å². The van der Waals surface area contributed by atoms with Crippen molar-refractivity contribution in [2.45, 2.75) is 12.6 Å². The highest BCUT2D eigenvalue weighted by Crippen LogP contribution is 2.17. The maximum Gasteiger partial charge on any atom is 0.322 e. The van der Waals surface area contributed by atoms with E-state index in [9.17, 15) is 9.18 Å². The SMILES string of the molecule is NC(Cn1ccc2cc(F)ccc21)C(=O)O. The van der Waals surface area contributed by atoms with Gasteiger partial charge in [-0.15, -0.1) is 0 Å². The van der Waals surface area contributed by atoms with E-state index in [2.05, 4.69) is 0 Å². The van der Waals surface area contributed by atoms with Crippen LogP contribution < -0.4 is 5.73 Å². The zero-order chi connectivity index (χ0) is 11.7. The molecule has 0 bridgehead atoms. The van der Waals surface area contributed by atoms with Gasteiger partial charge >= 0.3 is 5.97 Å². The van der Waals surface area contributed by atoms with Gasteiger partial charge in [0.15, 0.2) is 0 Å². The highest BCUT2D eigenvalue weighted by atomic mass is 19.1. The molecule has 0 aliphatic rings. The Balaban J connectivity index is 2.35. The van der Waals surface area contributed by atoms with Crippen LogP contribution in [0.15, 0.2) is 30.5 Å². The maximum atomic E-state index is 12.9. The molecule has 1 unspecified atom stereocenters. The normalized spacial score (nSPS) is 12.9. The van der Waals surface area contributed by atoms with E-state index in [-0.39, 0.29) is 12.4 Å². The molecule has 1 aromatic heterocycles. The fraction of sp³-hybridized carbons (Fsp3) is 0.182. The predicted molar refractivity (Wildman–Crippen MR) is 57.5 cm³/mol. The third-order valence-corrected chi connectivity index (χ3v) is 2.44. The Hall–Kier alpha value is -1.88. The van der Waals surface area contributed by atoms with Crippen LogP contribution >= 0.6 is 0 Å². The third kappa shape index (κ3) is 1.90. The van der Waals surface area contributed by atoms with E-state index in [0.717, 1.165) is 10.9 Å². The third-order valence-electron chi connectivity index (χ3n) is 2.44. The first-order valence-corrected chi connectivity index (χ1v) is 4.81. The molecule has 84 valence electrons. The summed E-state index contributed by atoms with van der Waals surface area (Å²) in [6.45, 7) is 0.171. The monoisotopic (exact) mass is 222 g/mol. The second-order valence-electron chi connectivity index (χ2n) is 3.62. The van der Waals surface area contributed by atoms with Gasteiger partial charge in [0, 0.05) is 23.6 Å². The minimum Gasteiger partial charge on any atom is -0.480 e. The van der Waals surface area contributed by atoms with E-state index >= 15 is 0 Å². The van der Waals surface area contributed by atoms with Gasteiger partial charge in [0.05, 0.1) is 0 Å². The Morgan fingerprint density at radius 3 is 2.94 bits per heavy atom. The number of aliphatic carboxylic acids is 1. The molecule has 0 amide bonds. The molecule has 0 saturated carbocycles. The number of nitrogens with two attached hydrogens (primary N) is 1. The van der Waals surface area contributed by atoms with Crippen molar-refractivity contribution in [2.24, 2.45) is 5.73 Å². The second-order valence-corrected chi connectivity index (χ2v) is 3.62. The van der Waals surface area contributed by atoms with Crippen molar-refractivity contribution in [3.63, 3.8) is 0 Å². The summed E-state index contributed by atoms with van der Waals surface area (Å²) in [6.07, 6.45) is 1.70. The Morgan fingerprint density at radius 1 is 1.50 bits per heavy atom. The molecule has 5 heteroatoms. The summed E-state index contributed by atoms with van der Waals surface area (Å²) in [5, 5.41) is 9.43. The molecule has 4 nitrogen and oxygen atoms in total. The Labute approximate surface area is 91.1 Å². The van der Waals surface area contributed by atoms with Gasteiger partial charge in [-0.1, -0.05) is 0 Å². The number of halogens is 1. The van der Waals surface area contributed by atoms with Crippen LogP contribution in [0.25, 0.3) is 10.9 Å². The van der Waals surface area contributed by atoms with Gasteiger partial charge in [-0.05, 0) is 24.3 Å². The van der Waals surface area contributed by atoms with Gasteiger partial charge in [0.2, 0.25) is 0 Å². The summed E-state index contributed by atoms with van der Waals surface area (Å²) in [6, 6.07) is 5.12. The van der Waals surface area contributed by atoms with Crippen LogP contribution in [0.3, 0.4) is 0 Å². The lowest BCUT2D eigenvalue weighted by atomic mass is 10.2. The summed E-state index contributed by atoms with van der Waals surface area (Å²) in [4.78, 5) is 10.6. The fourth-order valence-corrected chi connectivity index (χ4v) is 1.62. The Kier molecular flexibility index (Phi) is 2.62. The summed E-state index contributed by atoms with van der Waals surface area (Å²) < 4.78 is 14.6. The smallest absolute Gasteiger partial charge is 0.322 e. The zero-order valence-electron chi connectivity index (χ0n) is 8.43. The number of rotatable bonds is 3. The van der Waals surface area contributed by atoms with Crippen molar-refractivity contribution in [3.05, 3.63) is 36.3 Å². The van der Waals surface area contributed by atoms with Crippen LogP contribution in [0.4, 0.5) is 4.39 Å². The molecular formula is C11H11FN2O2. The predicted octanol–water partition coefficient (Wildman–Crippen LogP) is 1.19. The average molecular weight is 222 g/mol. The number of carbonyl (C=O) groups is 1. The van der Waals surface area contributed by atoms with Crippen LogP contribution in [-0.4, -0.2) is 21.7 Å². The highest BCUT2D eigenvalue weighted by molar-refractivity contribution is 5.80. The molecule has 2 rings (SSSR count). The van der Waals surface area contributed by atoms with E-state index < -0.39 is 12.0 Å². The topological polar surface area (TPSA) is 68.2 Å².